The molecule has 1 aromatic carbocycles. The molecule has 0 radical (unpaired) electrons. The summed E-state index contributed by atoms with van der Waals surface area (Å²) in [6.45, 7) is 4.66. The van der Waals surface area contributed by atoms with Crippen molar-refractivity contribution in [3.8, 4) is 5.75 Å². The Kier molecular flexibility index (Phi) is 7.19. The van der Waals surface area contributed by atoms with E-state index < -0.39 is 0 Å². The molecule has 0 saturated heterocycles. The molecule has 3 rings (SSSR count). The maximum Gasteiger partial charge on any atom is 0.122 e. The van der Waals surface area contributed by atoms with E-state index in [0.717, 1.165) is 50.2 Å². The molecule has 0 amide bonds. The van der Waals surface area contributed by atoms with Crippen molar-refractivity contribution >= 4 is 12.4 Å². The molecule has 2 aliphatic carbocycles. The smallest absolute Gasteiger partial charge is 0.122 e. The van der Waals surface area contributed by atoms with Gasteiger partial charge >= 0.3 is 0 Å². The minimum atomic E-state index is 0. The first-order valence-corrected chi connectivity index (χ1v) is 8.78. The molecule has 1 aromatic rings. The minimum Gasteiger partial charge on any atom is -0.493 e. The first-order chi connectivity index (χ1) is 10.7. The van der Waals surface area contributed by atoms with Crippen molar-refractivity contribution in [2.75, 3.05) is 19.8 Å². The van der Waals surface area contributed by atoms with Crippen LogP contribution in [0.4, 0.5) is 0 Å². The van der Waals surface area contributed by atoms with Crippen molar-refractivity contribution < 1.29 is 9.47 Å². The molecule has 3 nitrogen and oxygen atoms in total. The Morgan fingerprint density at radius 1 is 1.13 bits per heavy atom. The lowest BCUT2D eigenvalue weighted by atomic mass is 10.0. The van der Waals surface area contributed by atoms with Gasteiger partial charge in [-0.1, -0.05) is 12.1 Å². The summed E-state index contributed by atoms with van der Waals surface area (Å²) in [4.78, 5) is 0. The van der Waals surface area contributed by atoms with E-state index in [4.69, 9.17) is 15.2 Å². The van der Waals surface area contributed by atoms with Crippen LogP contribution >= 0.6 is 12.4 Å². The first-order valence-electron chi connectivity index (χ1n) is 8.78. The summed E-state index contributed by atoms with van der Waals surface area (Å²) in [6.07, 6.45) is 7.19. The van der Waals surface area contributed by atoms with Crippen molar-refractivity contribution in [2.24, 2.45) is 17.6 Å². The van der Waals surface area contributed by atoms with Crippen molar-refractivity contribution in [1.82, 2.24) is 0 Å². The molecule has 0 spiro atoms. The third-order valence-corrected chi connectivity index (χ3v) is 4.42. The summed E-state index contributed by atoms with van der Waals surface area (Å²) in [6, 6.07) is 6.71. The van der Waals surface area contributed by atoms with Gasteiger partial charge in [0.05, 0.1) is 13.2 Å². The summed E-state index contributed by atoms with van der Waals surface area (Å²) >= 11 is 0. The van der Waals surface area contributed by atoms with Gasteiger partial charge in [-0.25, -0.2) is 0 Å². The van der Waals surface area contributed by atoms with Crippen LogP contribution in [0.2, 0.25) is 0 Å². The van der Waals surface area contributed by atoms with Crippen molar-refractivity contribution in [3.63, 3.8) is 0 Å². The number of hydrogen-bond donors (Lipinski definition) is 1. The van der Waals surface area contributed by atoms with Gasteiger partial charge in [0.1, 0.15) is 5.75 Å². The zero-order valence-corrected chi connectivity index (χ0v) is 14.9. The average Bonchev–Trinajstić information content (AvgIpc) is 3.36. The maximum atomic E-state index is 6.00. The SMILES string of the molecule is CC(N)Cc1cc(CCOCC2CC2)ccc1OCC1CC1.Cl. The van der Waals surface area contributed by atoms with Gasteiger partial charge in [-0.15, -0.1) is 12.4 Å². The molecule has 2 N–H and O–H groups in total. The molecule has 2 aliphatic rings. The first kappa shape index (κ1) is 18.6. The van der Waals surface area contributed by atoms with Gasteiger partial charge in [0.15, 0.2) is 0 Å². The van der Waals surface area contributed by atoms with Gasteiger partial charge in [0.25, 0.3) is 0 Å². The third kappa shape index (κ3) is 6.70. The van der Waals surface area contributed by atoms with Crippen LogP contribution in [-0.2, 0) is 17.6 Å². The number of benzene rings is 1. The molecule has 0 aliphatic heterocycles. The van der Waals surface area contributed by atoms with E-state index in [1.54, 1.807) is 0 Å². The lowest BCUT2D eigenvalue weighted by Crippen LogP contribution is -2.18. The van der Waals surface area contributed by atoms with E-state index in [0.29, 0.717) is 0 Å². The number of nitrogens with two attached hydrogens (primary N) is 1. The lowest BCUT2D eigenvalue weighted by Gasteiger charge is -2.15. The van der Waals surface area contributed by atoms with Gasteiger partial charge in [-0.3, -0.25) is 0 Å². The zero-order valence-electron chi connectivity index (χ0n) is 14.1. The summed E-state index contributed by atoms with van der Waals surface area (Å²) in [5.74, 6) is 2.64. The summed E-state index contributed by atoms with van der Waals surface area (Å²) in [5.41, 5.74) is 8.56. The highest BCUT2D eigenvalue weighted by atomic mass is 35.5. The normalized spacial score (nSPS) is 18.3. The summed E-state index contributed by atoms with van der Waals surface area (Å²) < 4.78 is 11.7. The number of rotatable bonds is 10. The average molecular weight is 340 g/mol. The van der Waals surface area contributed by atoms with Crippen LogP contribution in [0, 0.1) is 11.8 Å². The van der Waals surface area contributed by atoms with Crippen LogP contribution < -0.4 is 10.5 Å². The van der Waals surface area contributed by atoms with Crippen LogP contribution in [0.3, 0.4) is 0 Å². The molecule has 23 heavy (non-hydrogen) atoms. The molecule has 130 valence electrons. The highest BCUT2D eigenvalue weighted by Crippen LogP contribution is 2.31. The van der Waals surface area contributed by atoms with E-state index in [-0.39, 0.29) is 18.4 Å². The van der Waals surface area contributed by atoms with Gasteiger partial charge < -0.3 is 15.2 Å². The molecule has 2 saturated carbocycles. The van der Waals surface area contributed by atoms with Crippen molar-refractivity contribution in [1.29, 1.82) is 0 Å². The fourth-order valence-electron chi connectivity index (χ4n) is 2.65. The summed E-state index contributed by atoms with van der Waals surface area (Å²) in [5, 5.41) is 0. The van der Waals surface area contributed by atoms with Gasteiger partial charge in [0, 0.05) is 12.6 Å². The predicted molar refractivity (Wildman–Crippen MR) is 96.5 cm³/mol. The van der Waals surface area contributed by atoms with Gasteiger partial charge in [0.2, 0.25) is 0 Å². The molecule has 2 fully saturated rings. The lowest BCUT2D eigenvalue weighted by molar-refractivity contribution is 0.127. The molecule has 1 atom stereocenters. The number of halogens is 1. The molecule has 0 bridgehead atoms. The largest absolute Gasteiger partial charge is 0.493 e. The minimum absolute atomic E-state index is 0. The molecule has 0 aromatic heterocycles. The van der Waals surface area contributed by atoms with Crippen LogP contribution in [0.1, 0.15) is 43.7 Å². The molecule has 0 heterocycles. The quantitative estimate of drug-likeness (QED) is 0.660. The second kappa shape index (κ2) is 8.91. The Morgan fingerprint density at radius 2 is 1.83 bits per heavy atom. The molecular formula is C19H30ClNO2. The van der Waals surface area contributed by atoms with Crippen LogP contribution in [0.5, 0.6) is 5.75 Å². The second-order valence-corrected chi connectivity index (χ2v) is 7.15. The highest BCUT2D eigenvalue weighted by molar-refractivity contribution is 5.85. The Balaban J connectivity index is 0.00000192. The number of hydrogen-bond acceptors (Lipinski definition) is 3. The van der Waals surface area contributed by atoms with E-state index >= 15 is 0 Å². The topological polar surface area (TPSA) is 44.5 Å². The maximum absolute atomic E-state index is 6.00. The van der Waals surface area contributed by atoms with Crippen LogP contribution in [0.25, 0.3) is 0 Å². The van der Waals surface area contributed by atoms with E-state index in [1.807, 2.05) is 0 Å². The van der Waals surface area contributed by atoms with E-state index in [9.17, 15) is 0 Å². The van der Waals surface area contributed by atoms with Gasteiger partial charge in [-0.05, 0) is 74.5 Å². The fourth-order valence-corrected chi connectivity index (χ4v) is 2.65. The highest BCUT2D eigenvalue weighted by Gasteiger charge is 2.22. The van der Waals surface area contributed by atoms with Crippen LogP contribution in [-0.4, -0.2) is 25.9 Å². The van der Waals surface area contributed by atoms with Crippen molar-refractivity contribution in [2.45, 2.75) is 51.5 Å². The van der Waals surface area contributed by atoms with Crippen molar-refractivity contribution in [3.05, 3.63) is 29.3 Å². The molecule has 1 unspecified atom stereocenters. The Morgan fingerprint density at radius 3 is 2.48 bits per heavy atom. The monoisotopic (exact) mass is 339 g/mol. The standard InChI is InChI=1S/C19H29NO2.ClH/c1-14(20)10-18-11-15(8-9-21-12-16-2-3-16)6-7-19(18)22-13-17-4-5-17;/h6-7,11,14,16-17H,2-5,8-10,12-13,20H2,1H3;1H. The number of ether oxygens (including phenoxy) is 2. The summed E-state index contributed by atoms with van der Waals surface area (Å²) in [7, 11) is 0. The Labute approximate surface area is 146 Å². The molecule has 4 heteroatoms. The van der Waals surface area contributed by atoms with Crippen LogP contribution in [0.15, 0.2) is 18.2 Å². The Bertz CT molecular complexity index is 484. The van der Waals surface area contributed by atoms with E-state index in [2.05, 4.69) is 25.1 Å². The van der Waals surface area contributed by atoms with Gasteiger partial charge in [-0.2, -0.15) is 0 Å². The van der Waals surface area contributed by atoms with E-state index in [1.165, 1.54) is 36.8 Å². The predicted octanol–water partition coefficient (Wildman–Crippen LogP) is 3.76. The molecular weight excluding hydrogens is 310 g/mol. The Hall–Kier alpha value is -0.770. The second-order valence-electron chi connectivity index (χ2n) is 7.15. The fraction of sp³-hybridized carbons (Fsp3) is 0.684. The zero-order chi connectivity index (χ0) is 15.4. The third-order valence-electron chi connectivity index (χ3n) is 4.42.